The normalized spacial score (nSPS) is 12.1. The summed E-state index contributed by atoms with van der Waals surface area (Å²) in [6, 6.07) is 0. The molecule has 0 spiro atoms. The summed E-state index contributed by atoms with van der Waals surface area (Å²) in [5.74, 6) is 4.15. The summed E-state index contributed by atoms with van der Waals surface area (Å²) in [6.45, 7) is 1.35. The number of halogens is 2. The number of ether oxygens (including phenoxy) is 1. The van der Waals surface area contributed by atoms with Gasteiger partial charge in [0.1, 0.15) is 23.3 Å². The van der Waals surface area contributed by atoms with E-state index in [-0.39, 0.29) is 49.9 Å². The molecule has 0 aliphatic rings. The van der Waals surface area contributed by atoms with Crippen LogP contribution in [0.5, 0.6) is 5.75 Å². The summed E-state index contributed by atoms with van der Waals surface area (Å²) < 4.78 is 81.7. The number of imidazole rings is 1. The highest BCUT2D eigenvalue weighted by molar-refractivity contribution is 7.86. The van der Waals surface area contributed by atoms with Crippen molar-refractivity contribution < 1.29 is 39.1 Å². The van der Waals surface area contributed by atoms with Crippen molar-refractivity contribution in [3.05, 3.63) is 11.9 Å². The number of anilines is 1. The van der Waals surface area contributed by atoms with E-state index >= 15 is 0 Å². The van der Waals surface area contributed by atoms with E-state index in [0.29, 0.717) is 29.2 Å². The van der Waals surface area contributed by atoms with Crippen molar-refractivity contribution in [2.75, 3.05) is 50.1 Å². The van der Waals surface area contributed by atoms with Crippen molar-refractivity contribution in [3.63, 3.8) is 0 Å². The maximum absolute atomic E-state index is 13.0. The van der Waals surface area contributed by atoms with Gasteiger partial charge < -0.3 is 25.0 Å². The summed E-state index contributed by atoms with van der Waals surface area (Å²) in [5.41, 5.74) is 7.13. The maximum atomic E-state index is 13.0. The molecule has 0 bridgehead atoms. The Bertz CT molecular complexity index is 1510. The van der Waals surface area contributed by atoms with Gasteiger partial charge in [0.15, 0.2) is 23.1 Å². The number of pyridine rings is 1. The smallest absolute Gasteiger partial charge is 0.303 e. The fraction of sp³-hybridized carbons (Fsp3) is 0.500. The number of nitrogen functional groups attached to an aromatic ring is 1. The minimum atomic E-state index is -4.79. The Morgan fingerprint density at radius 2 is 1.84 bits per heavy atom. The molecule has 3 aromatic rings. The van der Waals surface area contributed by atoms with Crippen LogP contribution >= 0.6 is 0 Å². The minimum Gasteiger partial charge on any atom is -0.490 e. The Balaban J connectivity index is 1.84. The van der Waals surface area contributed by atoms with E-state index in [0.717, 1.165) is 0 Å². The molecule has 0 aromatic carbocycles. The van der Waals surface area contributed by atoms with Gasteiger partial charge in [-0.1, -0.05) is 5.92 Å². The molecule has 0 unspecified atom stereocenters. The summed E-state index contributed by atoms with van der Waals surface area (Å²) in [5, 5.41) is 16.5. The zero-order valence-corrected chi connectivity index (χ0v) is 21.8. The van der Waals surface area contributed by atoms with Gasteiger partial charge >= 0.3 is 20.4 Å². The first kappa shape index (κ1) is 29.2. The van der Waals surface area contributed by atoms with Gasteiger partial charge in [-0.25, -0.2) is 14.6 Å². The molecule has 38 heavy (non-hydrogen) atoms. The average molecular weight is 578 g/mol. The van der Waals surface area contributed by atoms with Crippen LogP contribution in [0.3, 0.4) is 0 Å². The molecule has 0 saturated carbocycles. The van der Waals surface area contributed by atoms with Crippen molar-refractivity contribution in [2.45, 2.75) is 19.9 Å². The van der Waals surface area contributed by atoms with Gasteiger partial charge in [0.05, 0.1) is 24.3 Å². The van der Waals surface area contributed by atoms with Crippen molar-refractivity contribution in [1.29, 1.82) is 0 Å². The van der Waals surface area contributed by atoms with Gasteiger partial charge in [0, 0.05) is 26.2 Å². The van der Waals surface area contributed by atoms with Crippen LogP contribution < -0.4 is 10.5 Å². The summed E-state index contributed by atoms with van der Waals surface area (Å²) in [7, 11) is -9.59. The molecule has 18 heteroatoms. The number of rotatable bonds is 13. The fourth-order valence-electron chi connectivity index (χ4n) is 3.55. The molecule has 0 saturated heterocycles. The van der Waals surface area contributed by atoms with E-state index < -0.39 is 38.6 Å². The molecule has 208 valence electrons. The first-order chi connectivity index (χ1) is 17.9. The molecule has 0 radical (unpaired) electrons. The topological polar surface area (TPSA) is 197 Å². The van der Waals surface area contributed by atoms with Gasteiger partial charge in [-0.3, -0.25) is 0 Å². The highest BCUT2D eigenvalue weighted by Gasteiger charge is 2.23. The molecule has 14 nitrogen and oxygen atoms in total. The van der Waals surface area contributed by atoms with E-state index in [2.05, 4.69) is 32.1 Å². The SMILES string of the molecule is CCn1c(-c2nonc2N)nc2c(C#CCO)ncc(OCCCN(CCS(=O)(=O)F)CCS(=O)(=O)F)c21. The predicted molar refractivity (Wildman–Crippen MR) is 131 cm³/mol. The molecule has 3 N–H and O–H groups in total. The second-order valence-electron chi connectivity index (χ2n) is 7.84. The van der Waals surface area contributed by atoms with E-state index in [1.807, 2.05) is 6.92 Å². The molecule has 3 rings (SSSR count). The molecule has 0 atom stereocenters. The summed E-state index contributed by atoms with van der Waals surface area (Å²) in [6.07, 6.45) is 1.66. The number of aliphatic hydroxyl groups is 1. The lowest BCUT2D eigenvalue weighted by Crippen LogP contribution is -2.34. The molecular formula is C20H25F2N7O7S2. The summed E-state index contributed by atoms with van der Waals surface area (Å²) in [4.78, 5) is 10.1. The molecule has 0 aliphatic heterocycles. The Kier molecular flexibility index (Phi) is 9.54. The number of hydrogen-bond donors (Lipinski definition) is 2. The van der Waals surface area contributed by atoms with Crippen LogP contribution in [0, 0.1) is 11.8 Å². The molecule has 0 amide bonds. The highest BCUT2D eigenvalue weighted by Crippen LogP contribution is 2.33. The first-order valence-corrected chi connectivity index (χ1v) is 14.3. The largest absolute Gasteiger partial charge is 0.490 e. The molecule has 0 aliphatic carbocycles. The first-order valence-electron chi connectivity index (χ1n) is 11.2. The predicted octanol–water partition coefficient (Wildman–Crippen LogP) is 0.0967. The summed E-state index contributed by atoms with van der Waals surface area (Å²) >= 11 is 0. The van der Waals surface area contributed by atoms with Crippen LogP contribution in [0.15, 0.2) is 10.8 Å². The standard InChI is InChI=1S/C20H25F2N7O7S2/c1-2-29-18-15(35-10-4-6-28(7-11-37(21,31)32)8-12-38(22,33)34)13-24-14(5-3-9-30)16(18)25-20(29)17-19(23)27-36-26-17/h13,30H,2,4,6-12H2,1H3,(H2,23,27). The van der Waals surface area contributed by atoms with E-state index in [1.165, 1.54) is 11.1 Å². The van der Waals surface area contributed by atoms with Gasteiger partial charge in [0.2, 0.25) is 0 Å². The van der Waals surface area contributed by atoms with Crippen LogP contribution in [0.1, 0.15) is 19.0 Å². The zero-order chi connectivity index (χ0) is 27.9. The average Bonchev–Trinajstić information content (AvgIpc) is 3.44. The maximum Gasteiger partial charge on any atom is 0.303 e. The third-order valence-electron chi connectivity index (χ3n) is 5.24. The Hall–Kier alpha value is -3.40. The number of fused-ring (bicyclic) bond motifs is 1. The quantitative estimate of drug-likeness (QED) is 0.158. The molecule has 0 fully saturated rings. The van der Waals surface area contributed by atoms with E-state index in [1.54, 1.807) is 4.57 Å². The molecule has 3 aromatic heterocycles. The monoisotopic (exact) mass is 577 g/mol. The number of aromatic nitrogens is 5. The van der Waals surface area contributed by atoms with Crippen molar-refractivity contribution in [1.82, 2.24) is 29.7 Å². The second kappa shape index (κ2) is 12.4. The van der Waals surface area contributed by atoms with Crippen molar-refractivity contribution in [3.8, 4) is 29.1 Å². The third-order valence-corrected chi connectivity index (χ3v) is 6.58. The molecular weight excluding hydrogens is 552 g/mol. The number of nitrogens with zero attached hydrogens (tertiary/aromatic N) is 6. The van der Waals surface area contributed by atoms with Crippen LogP contribution in [0.4, 0.5) is 13.6 Å². The highest BCUT2D eigenvalue weighted by atomic mass is 32.3. The van der Waals surface area contributed by atoms with Gasteiger partial charge in [-0.15, -0.1) is 7.77 Å². The van der Waals surface area contributed by atoms with Crippen LogP contribution in [0.25, 0.3) is 22.6 Å². The van der Waals surface area contributed by atoms with Gasteiger partial charge in [-0.2, -0.15) is 16.8 Å². The van der Waals surface area contributed by atoms with Crippen LogP contribution in [0.2, 0.25) is 0 Å². The van der Waals surface area contributed by atoms with Gasteiger partial charge in [0.25, 0.3) is 0 Å². The Labute approximate surface area is 217 Å². The number of aryl methyl sites for hydroxylation is 1. The minimum absolute atomic E-state index is 0.0131. The lowest BCUT2D eigenvalue weighted by molar-refractivity contribution is 0.250. The van der Waals surface area contributed by atoms with Crippen LogP contribution in [-0.2, 0) is 27.0 Å². The lowest BCUT2D eigenvalue weighted by Gasteiger charge is -2.20. The zero-order valence-electron chi connectivity index (χ0n) is 20.2. The van der Waals surface area contributed by atoms with Crippen LogP contribution in [-0.4, -0.2) is 96.0 Å². The Morgan fingerprint density at radius 3 is 2.39 bits per heavy atom. The second-order valence-corrected chi connectivity index (χ2v) is 10.8. The Morgan fingerprint density at radius 1 is 1.16 bits per heavy atom. The number of hydrogen-bond acceptors (Lipinski definition) is 13. The van der Waals surface area contributed by atoms with E-state index in [4.69, 9.17) is 20.2 Å². The fourth-order valence-corrected chi connectivity index (χ4v) is 4.51. The number of nitrogens with two attached hydrogens (primary N) is 1. The van der Waals surface area contributed by atoms with E-state index in [9.17, 15) is 24.6 Å². The molecule has 3 heterocycles. The van der Waals surface area contributed by atoms with Crippen molar-refractivity contribution >= 4 is 37.3 Å². The third kappa shape index (κ3) is 7.80. The number of aliphatic hydroxyl groups excluding tert-OH is 1. The van der Waals surface area contributed by atoms with Gasteiger partial charge in [-0.05, 0) is 29.6 Å². The lowest BCUT2D eigenvalue weighted by atomic mass is 10.2. The van der Waals surface area contributed by atoms with Crippen molar-refractivity contribution in [2.24, 2.45) is 0 Å².